The van der Waals surface area contributed by atoms with Gasteiger partial charge in [0.05, 0.1) is 0 Å². The largest absolute Gasteiger partial charge is 0.380 e. The second-order valence-corrected chi connectivity index (χ2v) is 6.08. The Morgan fingerprint density at radius 2 is 1.89 bits per heavy atom. The number of benzene rings is 1. The summed E-state index contributed by atoms with van der Waals surface area (Å²) in [5.41, 5.74) is -0.00930. The van der Waals surface area contributed by atoms with Crippen LogP contribution in [0.4, 0.5) is 14.5 Å². The van der Waals surface area contributed by atoms with E-state index in [0.717, 1.165) is 6.42 Å². The number of hydrogen-bond acceptors (Lipinski definition) is 1. The molecule has 0 aliphatic heterocycles. The first-order valence-electron chi connectivity index (χ1n) is 6.20. The maximum Gasteiger partial charge on any atom is 0.150 e. The van der Waals surface area contributed by atoms with Crippen LogP contribution >= 0.6 is 15.9 Å². The second-order valence-electron chi connectivity index (χ2n) is 5.17. The van der Waals surface area contributed by atoms with Crippen molar-refractivity contribution in [1.29, 1.82) is 0 Å². The maximum absolute atomic E-state index is 13.6. The van der Waals surface area contributed by atoms with E-state index < -0.39 is 11.6 Å². The van der Waals surface area contributed by atoms with Crippen molar-refractivity contribution in [3.8, 4) is 0 Å². The smallest absolute Gasteiger partial charge is 0.150 e. The molecule has 1 N–H and O–H groups in total. The standard InChI is InChI=1S/C14H14BrF2N/c15-11-5-12(16)14(13(17)6-11)18-7-10-4-8-1-2-9(10)3-8/h1-2,5-6,8-10,18H,3-4,7H2. The van der Waals surface area contributed by atoms with E-state index in [-0.39, 0.29) is 5.69 Å². The fourth-order valence-electron chi connectivity index (χ4n) is 3.07. The minimum Gasteiger partial charge on any atom is -0.380 e. The highest BCUT2D eigenvalue weighted by molar-refractivity contribution is 9.10. The van der Waals surface area contributed by atoms with Crippen molar-refractivity contribution in [2.45, 2.75) is 12.8 Å². The molecule has 3 unspecified atom stereocenters. The number of anilines is 1. The minimum atomic E-state index is -0.541. The molecule has 0 amide bonds. The molecule has 3 rings (SSSR count). The summed E-state index contributed by atoms with van der Waals surface area (Å²) in [4.78, 5) is 0. The third-order valence-electron chi connectivity index (χ3n) is 3.96. The Bertz CT molecular complexity index is 478. The van der Waals surface area contributed by atoms with Crippen LogP contribution in [0.5, 0.6) is 0 Å². The molecule has 0 heterocycles. The quantitative estimate of drug-likeness (QED) is 0.818. The average molecular weight is 314 g/mol. The van der Waals surface area contributed by atoms with Gasteiger partial charge >= 0.3 is 0 Å². The summed E-state index contributed by atoms with van der Waals surface area (Å²) in [7, 11) is 0. The van der Waals surface area contributed by atoms with Crippen LogP contribution in [-0.2, 0) is 0 Å². The molecule has 18 heavy (non-hydrogen) atoms. The molecular weight excluding hydrogens is 300 g/mol. The summed E-state index contributed by atoms with van der Waals surface area (Å²) in [5.74, 6) is 0.689. The van der Waals surface area contributed by atoms with Crippen LogP contribution < -0.4 is 5.32 Å². The van der Waals surface area contributed by atoms with Crippen LogP contribution in [0.3, 0.4) is 0 Å². The number of fused-ring (bicyclic) bond motifs is 2. The first-order chi connectivity index (χ1) is 8.63. The Morgan fingerprint density at radius 1 is 1.17 bits per heavy atom. The zero-order chi connectivity index (χ0) is 12.7. The minimum absolute atomic E-state index is 0.00930. The zero-order valence-electron chi connectivity index (χ0n) is 9.80. The van der Waals surface area contributed by atoms with E-state index in [2.05, 4.69) is 33.4 Å². The predicted molar refractivity (Wildman–Crippen MR) is 71.4 cm³/mol. The maximum atomic E-state index is 13.6. The molecule has 1 fully saturated rings. The lowest BCUT2D eigenvalue weighted by atomic mass is 9.93. The fraction of sp³-hybridized carbons (Fsp3) is 0.429. The molecule has 3 atom stereocenters. The highest BCUT2D eigenvalue weighted by Gasteiger charge is 2.35. The van der Waals surface area contributed by atoms with Crippen LogP contribution in [-0.4, -0.2) is 6.54 Å². The molecule has 1 aromatic carbocycles. The van der Waals surface area contributed by atoms with E-state index in [4.69, 9.17) is 0 Å². The molecule has 2 bridgehead atoms. The molecule has 0 saturated heterocycles. The lowest BCUT2D eigenvalue weighted by molar-refractivity contribution is 0.468. The summed E-state index contributed by atoms with van der Waals surface area (Å²) < 4.78 is 27.7. The lowest BCUT2D eigenvalue weighted by Gasteiger charge is -2.19. The van der Waals surface area contributed by atoms with E-state index in [0.29, 0.717) is 28.8 Å². The van der Waals surface area contributed by atoms with Gasteiger partial charge in [0.1, 0.15) is 17.3 Å². The summed E-state index contributed by atoms with van der Waals surface area (Å²) in [6.07, 6.45) is 6.85. The van der Waals surface area contributed by atoms with Crippen molar-refractivity contribution in [1.82, 2.24) is 0 Å². The summed E-state index contributed by atoms with van der Waals surface area (Å²) >= 11 is 3.07. The van der Waals surface area contributed by atoms with Gasteiger partial charge in [-0.15, -0.1) is 0 Å². The van der Waals surface area contributed by atoms with Gasteiger partial charge in [0, 0.05) is 11.0 Å². The monoisotopic (exact) mass is 313 g/mol. The topological polar surface area (TPSA) is 12.0 Å². The summed E-state index contributed by atoms with van der Waals surface area (Å²) in [5, 5.41) is 2.93. The second kappa shape index (κ2) is 4.65. The van der Waals surface area contributed by atoms with Crippen LogP contribution in [0.1, 0.15) is 12.8 Å². The fourth-order valence-corrected chi connectivity index (χ4v) is 3.48. The molecule has 1 aromatic rings. The average Bonchev–Trinajstić information content (AvgIpc) is 2.89. The number of nitrogens with one attached hydrogen (secondary N) is 1. The normalized spacial score (nSPS) is 28.9. The molecule has 4 heteroatoms. The highest BCUT2D eigenvalue weighted by atomic mass is 79.9. The first-order valence-corrected chi connectivity index (χ1v) is 6.99. The van der Waals surface area contributed by atoms with Gasteiger partial charge in [-0.2, -0.15) is 0 Å². The Kier molecular flexibility index (Phi) is 3.14. The number of hydrogen-bond donors (Lipinski definition) is 1. The molecule has 0 radical (unpaired) electrons. The van der Waals surface area contributed by atoms with Gasteiger partial charge in [0.2, 0.25) is 0 Å². The van der Waals surface area contributed by atoms with Gasteiger partial charge in [-0.05, 0) is 42.7 Å². The van der Waals surface area contributed by atoms with Gasteiger partial charge in [-0.1, -0.05) is 28.1 Å². The third kappa shape index (κ3) is 2.18. The van der Waals surface area contributed by atoms with Gasteiger partial charge in [0.25, 0.3) is 0 Å². The molecule has 1 saturated carbocycles. The Balaban J connectivity index is 1.69. The van der Waals surface area contributed by atoms with Crippen LogP contribution in [0.2, 0.25) is 0 Å². The Labute approximate surface area is 113 Å². The van der Waals surface area contributed by atoms with E-state index >= 15 is 0 Å². The molecule has 96 valence electrons. The van der Waals surface area contributed by atoms with Gasteiger partial charge in [-0.3, -0.25) is 0 Å². The highest BCUT2D eigenvalue weighted by Crippen LogP contribution is 2.43. The Hall–Kier alpha value is -0.900. The molecule has 0 aromatic heterocycles. The summed E-state index contributed by atoms with van der Waals surface area (Å²) in [6.45, 7) is 0.640. The first kappa shape index (κ1) is 12.2. The van der Waals surface area contributed by atoms with Crippen molar-refractivity contribution in [3.63, 3.8) is 0 Å². The van der Waals surface area contributed by atoms with Crippen molar-refractivity contribution in [2.75, 3.05) is 11.9 Å². The van der Waals surface area contributed by atoms with Crippen LogP contribution in [0.25, 0.3) is 0 Å². The van der Waals surface area contributed by atoms with E-state index in [1.54, 1.807) is 0 Å². The zero-order valence-corrected chi connectivity index (χ0v) is 11.4. The van der Waals surface area contributed by atoms with Crippen LogP contribution in [0, 0.1) is 29.4 Å². The predicted octanol–water partition coefficient (Wildman–Crippen LogP) is 4.35. The van der Waals surface area contributed by atoms with E-state index in [9.17, 15) is 8.78 Å². The number of allylic oxidation sites excluding steroid dienone is 2. The number of halogens is 3. The van der Waals surface area contributed by atoms with Gasteiger partial charge in [0.15, 0.2) is 0 Å². The van der Waals surface area contributed by atoms with Crippen molar-refractivity contribution in [3.05, 3.63) is 40.4 Å². The number of rotatable bonds is 3. The van der Waals surface area contributed by atoms with E-state index in [1.807, 2.05) is 0 Å². The van der Waals surface area contributed by atoms with Gasteiger partial charge in [-0.25, -0.2) is 8.78 Å². The van der Waals surface area contributed by atoms with Crippen LogP contribution in [0.15, 0.2) is 28.8 Å². The molecule has 2 aliphatic carbocycles. The molecule has 2 aliphatic rings. The Morgan fingerprint density at radius 3 is 2.44 bits per heavy atom. The molecule has 1 nitrogen and oxygen atoms in total. The lowest BCUT2D eigenvalue weighted by Crippen LogP contribution is -2.19. The molecular formula is C14H14BrF2N. The summed E-state index contributed by atoms with van der Waals surface area (Å²) in [6, 6.07) is 2.57. The molecule has 0 spiro atoms. The van der Waals surface area contributed by atoms with Crippen molar-refractivity contribution >= 4 is 21.6 Å². The van der Waals surface area contributed by atoms with E-state index in [1.165, 1.54) is 18.6 Å². The SMILES string of the molecule is Fc1cc(Br)cc(F)c1NCC1CC2C=CC1C2. The van der Waals surface area contributed by atoms with Crippen molar-refractivity contribution < 1.29 is 8.78 Å². The van der Waals surface area contributed by atoms with Gasteiger partial charge < -0.3 is 5.32 Å². The van der Waals surface area contributed by atoms with Crippen molar-refractivity contribution in [2.24, 2.45) is 17.8 Å². The third-order valence-corrected chi connectivity index (χ3v) is 4.42.